The predicted octanol–water partition coefficient (Wildman–Crippen LogP) is 7.19. The Morgan fingerprint density at radius 1 is 0.972 bits per heavy atom. The number of aryl methyl sites for hydroxylation is 1. The van der Waals surface area contributed by atoms with Crippen molar-refractivity contribution < 1.29 is 37.1 Å². The first-order valence-corrected chi connectivity index (χ1v) is 27.6. The Balaban J connectivity index is 1.05. The molecule has 2 aliphatic carbocycles. The zero-order chi connectivity index (χ0) is 50.4. The number of thiazole rings is 1. The Morgan fingerprint density at radius 2 is 1.75 bits per heavy atom. The van der Waals surface area contributed by atoms with E-state index >= 15 is 9.59 Å². The minimum absolute atomic E-state index is 0.0360. The molecule has 2 aromatic carbocycles. The lowest BCUT2D eigenvalue weighted by Crippen LogP contribution is -2.58. The molecule has 2 aromatic heterocycles. The van der Waals surface area contributed by atoms with E-state index in [2.05, 4.69) is 48.0 Å². The quantitative estimate of drug-likeness (QED) is 0.121. The number of hydrogen-bond acceptors (Lipinski definition) is 13. The number of anilines is 1. The number of amides is 4. The summed E-state index contributed by atoms with van der Waals surface area (Å²) in [7, 11) is -2.41. The van der Waals surface area contributed by atoms with Crippen LogP contribution in [0.3, 0.4) is 0 Å². The number of carbonyl (C=O) groups excluding carboxylic acids is 4. The van der Waals surface area contributed by atoms with Crippen LogP contribution in [-0.4, -0.2) is 131 Å². The van der Waals surface area contributed by atoms with Gasteiger partial charge >= 0.3 is 0 Å². The molecule has 2 saturated heterocycles. The summed E-state index contributed by atoms with van der Waals surface area (Å²) in [5, 5.41) is 9.97. The fourth-order valence-electron chi connectivity index (χ4n) is 10.2. The van der Waals surface area contributed by atoms with Gasteiger partial charge in [-0.3, -0.25) is 28.8 Å². The van der Waals surface area contributed by atoms with E-state index < -0.39 is 56.2 Å². The fourth-order valence-corrected chi connectivity index (χ4v) is 12.4. The summed E-state index contributed by atoms with van der Waals surface area (Å²) >= 11 is 1.49. The summed E-state index contributed by atoms with van der Waals surface area (Å²) < 4.78 is 40.8. The molecule has 4 aromatic rings. The lowest BCUT2D eigenvalue weighted by Gasteiger charge is -2.37. The van der Waals surface area contributed by atoms with Crippen molar-refractivity contribution in [3.05, 3.63) is 76.8 Å². The number of nitrogens with zero attached hydrogens (tertiary/aromatic N) is 5. The minimum Gasteiger partial charge on any atom is -0.496 e. The first kappa shape index (κ1) is 50.4. The second kappa shape index (κ2) is 20.1. The molecule has 16 nitrogen and oxygen atoms in total. The van der Waals surface area contributed by atoms with Gasteiger partial charge in [-0.25, -0.2) is 18.4 Å². The first-order valence-electron chi connectivity index (χ1n) is 25.3. The lowest BCUT2D eigenvalue weighted by atomic mass is 10.0. The van der Waals surface area contributed by atoms with E-state index in [1.165, 1.54) is 11.3 Å². The number of carbonyl (C=O) groups is 4. The summed E-state index contributed by atoms with van der Waals surface area (Å²) in [5.74, 6) is -0.815. The molecular weight excluding hydrogens is 941 g/mol. The van der Waals surface area contributed by atoms with Crippen molar-refractivity contribution in [1.29, 1.82) is 0 Å². The van der Waals surface area contributed by atoms with E-state index in [0.29, 0.717) is 85.2 Å². The van der Waals surface area contributed by atoms with E-state index in [1.807, 2.05) is 59.7 Å². The average Bonchev–Trinajstić information content (AvgIpc) is 4.12. The van der Waals surface area contributed by atoms with Crippen molar-refractivity contribution in [2.75, 3.05) is 45.2 Å². The minimum atomic E-state index is -4.02. The van der Waals surface area contributed by atoms with Gasteiger partial charge < -0.3 is 29.9 Å². The van der Waals surface area contributed by atoms with Crippen molar-refractivity contribution in [2.45, 2.75) is 140 Å². The molecule has 0 radical (unpaired) electrons. The molecule has 3 N–H and O–H groups in total. The van der Waals surface area contributed by atoms with Crippen LogP contribution in [0, 0.1) is 12.8 Å². The number of pyridine rings is 1. The Hall–Kier alpha value is -5.59. The highest BCUT2D eigenvalue weighted by atomic mass is 32.2. The number of ether oxygens (including phenoxy) is 2. The van der Waals surface area contributed by atoms with Gasteiger partial charge in [0, 0.05) is 78.2 Å². The van der Waals surface area contributed by atoms with Crippen LogP contribution in [0.2, 0.25) is 0 Å². The van der Waals surface area contributed by atoms with E-state index in [1.54, 1.807) is 31.1 Å². The molecule has 18 heteroatoms. The molecule has 9 rings (SSSR count). The van der Waals surface area contributed by atoms with Gasteiger partial charge in [0.05, 0.1) is 29.6 Å². The van der Waals surface area contributed by atoms with E-state index in [0.717, 1.165) is 47.6 Å². The molecule has 0 spiro atoms. The molecule has 4 amide bonds. The molecule has 380 valence electrons. The normalized spacial score (nSPS) is 25.4. The number of benzene rings is 2. The van der Waals surface area contributed by atoms with Gasteiger partial charge in [0.2, 0.25) is 21.8 Å². The molecule has 0 unspecified atom stereocenters. The van der Waals surface area contributed by atoms with Crippen LogP contribution in [-0.2, 0) is 24.4 Å². The van der Waals surface area contributed by atoms with E-state index in [4.69, 9.17) is 19.4 Å². The van der Waals surface area contributed by atoms with Crippen LogP contribution in [0.1, 0.15) is 120 Å². The highest BCUT2D eigenvalue weighted by Crippen LogP contribution is 2.48. The second-order valence-electron chi connectivity index (χ2n) is 20.9. The van der Waals surface area contributed by atoms with Crippen LogP contribution in [0.4, 0.5) is 5.69 Å². The Kier molecular flexibility index (Phi) is 14.3. The fraction of sp³-hybridized carbons (Fsp3) is 0.547. The molecule has 5 atom stereocenters. The number of fused-ring (bicyclic) bond motifs is 3. The molecular formula is C53H68N8O8S2. The highest BCUT2D eigenvalue weighted by Gasteiger charge is 2.63. The van der Waals surface area contributed by atoms with Crippen LogP contribution in [0.5, 0.6) is 11.5 Å². The molecule has 4 fully saturated rings. The Morgan fingerprint density at radius 3 is 2.45 bits per heavy atom. The van der Waals surface area contributed by atoms with Gasteiger partial charge in [-0.05, 0) is 102 Å². The van der Waals surface area contributed by atoms with Crippen LogP contribution in [0.25, 0.3) is 21.6 Å². The lowest BCUT2D eigenvalue weighted by molar-refractivity contribution is -0.140. The third-order valence-electron chi connectivity index (χ3n) is 15.2. The van der Waals surface area contributed by atoms with Crippen LogP contribution >= 0.6 is 11.3 Å². The topological polar surface area (TPSA) is 192 Å². The van der Waals surface area contributed by atoms with Crippen LogP contribution < -0.4 is 24.8 Å². The van der Waals surface area contributed by atoms with Crippen molar-refractivity contribution >= 4 is 61.6 Å². The van der Waals surface area contributed by atoms with Crippen molar-refractivity contribution in [3.8, 4) is 22.2 Å². The number of methoxy groups -OCH3 is 1. The van der Waals surface area contributed by atoms with Gasteiger partial charge in [-0.1, -0.05) is 44.9 Å². The summed E-state index contributed by atoms with van der Waals surface area (Å²) in [6.45, 7) is 14.9. The standard InChI is InChI=1S/C53H68N8O8S2/c1-32(2)42-31-70-48(56-42)41-28-45(39-18-19-44(68-7)34(5)46(39)55-41)69-38-27-43-47(62)57-53(51(65)58-71(66,67)52(6)20-21-52)29-36(53)15-11-9-8-10-12-17-40(50(64)61(43)30-38)54-37-16-13-14-35(26-37)49(63)60-24-22-59(23-25-60)33(3)4/h11,13-16,18-19,26,28,31-33,36,38,40,43,54H,8-10,12,17,20-25,27,29-30H2,1-7H3,(H,57,62)(H,58,65)/b15-11-/t36-,38-,40+,43+,53-/m1/s1. The average molecular weight is 1010 g/mol. The molecule has 0 bridgehead atoms. The van der Waals surface area contributed by atoms with Gasteiger partial charge in [-0.15, -0.1) is 11.3 Å². The zero-order valence-corrected chi connectivity index (χ0v) is 43.6. The number of hydrogen-bond donors (Lipinski definition) is 3. The Labute approximate surface area is 421 Å². The molecule has 3 aliphatic heterocycles. The monoisotopic (exact) mass is 1010 g/mol. The first-order chi connectivity index (χ1) is 33.9. The Bertz CT molecular complexity index is 2840. The van der Waals surface area contributed by atoms with E-state index in [9.17, 15) is 18.0 Å². The number of aromatic nitrogens is 2. The van der Waals surface area contributed by atoms with Gasteiger partial charge in [0.1, 0.15) is 45.9 Å². The van der Waals surface area contributed by atoms with Crippen molar-refractivity contribution in [1.82, 2.24) is 34.7 Å². The van der Waals surface area contributed by atoms with E-state index in [-0.39, 0.29) is 37.1 Å². The SMILES string of the molecule is COc1ccc2c(O[C@@H]3C[C@H]4C(=O)N[C@]5(C(=O)NS(=O)(=O)C6(C)CC6)C[C@H]5/C=C\CCCCC[C@H](Nc5cccc(C(=O)N6CCN(C(C)C)CC6)c5)C(=O)N4C3)cc(-c3nc(C(C)C)cs3)nc2c1C. The predicted molar refractivity (Wildman–Crippen MR) is 275 cm³/mol. The molecule has 71 heavy (non-hydrogen) atoms. The summed E-state index contributed by atoms with van der Waals surface area (Å²) in [4.78, 5) is 74.2. The summed E-state index contributed by atoms with van der Waals surface area (Å²) in [6, 6.07) is 11.4. The summed E-state index contributed by atoms with van der Waals surface area (Å²) in [6.07, 6.45) is 7.90. The van der Waals surface area contributed by atoms with Gasteiger partial charge in [-0.2, -0.15) is 0 Å². The second-order valence-corrected chi connectivity index (χ2v) is 24.0. The number of rotatable bonds is 12. The third-order valence-corrected chi connectivity index (χ3v) is 18.3. The number of allylic oxidation sites excluding steroid dienone is 1. The maximum atomic E-state index is 15.3. The highest BCUT2D eigenvalue weighted by molar-refractivity contribution is 7.91. The zero-order valence-electron chi connectivity index (χ0n) is 42.0. The smallest absolute Gasteiger partial charge is 0.259 e. The number of sulfonamides is 1. The van der Waals surface area contributed by atoms with Crippen molar-refractivity contribution in [3.63, 3.8) is 0 Å². The molecule has 5 aliphatic rings. The van der Waals surface area contributed by atoms with Crippen LogP contribution in [0.15, 0.2) is 60.0 Å². The van der Waals surface area contributed by atoms with Crippen molar-refractivity contribution in [2.24, 2.45) is 5.92 Å². The van der Waals surface area contributed by atoms with Gasteiger partial charge in [0.15, 0.2) is 0 Å². The maximum absolute atomic E-state index is 15.3. The maximum Gasteiger partial charge on any atom is 0.259 e. The largest absolute Gasteiger partial charge is 0.496 e. The molecule has 2 saturated carbocycles. The van der Waals surface area contributed by atoms with Gasteiger partial charge in [0.25, 0.3) is 11.8 Å². The third kappa shape index (κ3) is 10.4. The number of nitrogens with one attached hydrogen (secondary N) is 3. The number of piperazine rings is 1. The summed E-state index contributed by atoms with van der Waals surface area (Å²) in [5.41, 5.74) is 2.64. The molecule has 5 heterocycles.